The van der Waals surface area contributed by atoms with E-state index in [9.17, 15) is 0 Å². The molecule has 11 aromatic carbocycles. The first-order valence-corrected chi connectivity index (χ1v) is 21.8. The van der Waals surface area contributed by atoms with Gasteiger partial charge < -0.3 is 9.80 Å². The maximum atomic E-state index is 2.50. The van der Waals surface area contributed by atoms with E-state index in [1.807, 2.05) is 0 Å². The summed E-state index contributed by atoms with van der Waals surface area (Å²) in [5, 5.41) is 7.24. The standard InChI is InChI=1S/C61H42N2/c1-5-25-45(26-6-1)61(46-27-7-2-8-28-46)55-41-49(63(57-37-19-23-43-21-13-15-33-50(43)57)58-38-20-24-44-22-14-16-34-51(44)58)39-40-54(55)60-53-36-18-17-35-52(53)59(42-56(60)61)62(47-29-9-3-10-30-47)48-31-11-4-12-32-48/h1-42H. The Hall–Kier alpha value is -8.20. The van der Waals surface area contributed by atoms with Crippen LogP contribution < -0.4 is 9.80 Å². The van der Waals surface area contributed by atoms with Crippen LogP contribution in [0.1, 0.15) is 22.3 Å². The molecule has 0 N–H and O–H groups in total. The summed E-state index contributed by atoms with van der Waals surface area (Å²) in [6, 6.07) is 93.6. The molecule has 0 amide bonds. The number of rotatable bonds is 8. The highest BCUT2D eigenvalue weighted by Crippen LogP contribution is 2.61. The zero-order valence-corrected chi connectivity index (χ0v) is 34.6. The van der Waals surface area contributed by atoms with Crippen molar-refractivity contribution < 1.29 is 0 Å². The zero-order valence-electron chi connectivity index (χ0n) is 34.6. The average Bonchev–Trinajstić information content (AvgIpc) is 3.66. The van der Waals surface area contributed by atoms with Gasteiger partial charge in [-0.25, -0.2) is 0 Å². The Morgan fingerprint density at radius 2 is 0.714 bits per heavy atom. The van der Waals surface area contributed by atoms with Crippen molar-refractivity contribution in [2.24, 2.45) is 0 Å². The third-order valence-electron chi connectivity index (χ3n) is 13.1. The van der Waals surface area contributed by atoms with Gasteiger partial charge in [0.15, 0.2) is 0 Å². The Balaban J connectivity index is 1.21. The van der Waals surface area contributed by atoms with Gasteiger partial charge in [-0.15, -0.1) is 0 Å². The Labute approximate surface area is 368 Å². The van der Waals surface area contributed by atoms with Crippen molar-refractivity contribution >= 4 is 66.4 Å². The largest absolute Gasteiger partial charge is 0.310 e. The Morgan fingerprint density at radius 3 is 1.25 bits per heavy atom. The van der Waals surface area contributed by atoms with Crippen molar-refractivity contribution in [3.8, 4) is 11.1 Å². The molecule has 0 heterocycles. The second-order valence-corrected chi connectivity index (χ2v) is 16.4. The Kier molecular flexibility index (Phi) is 8.76. The molecule has 0 saturated carbocycles. The van der Waals surface area contributed by atoms with E-state index in [2.05, 4.69) is 265 Å². The summed E-state index contributed by atoms with van der Waals surface area (Å²) in [6.45, 7) is 0. The topological polar surface area (TPSA) is 6.48 Å². The van der Waals surface area contributed by atoms with E-state index >= 15 is 0 Å². The number of para-hydroxylation sites is 2. The Bertz CT molecular complexity index is 3280. The SMILES string of the molecule is c1ccc(N(c2ccccc2)c2cc3c(c4ccccc24)-c2ccc(N(c4cccc5ccccc45)c4cccc5ccccc45)cc2C3(c2ccccc2)c2ccccc2)cc1. The van der Waals surface area contributed by atoms with Crippen LogP contribution >= 0.6 is 0 Å². The second kappa shape index (κ2) is 15.1. The third-order valence-corrected chi connectivity index (χ3v) is 13.1. The van der Waals surface area contributed by atoms with Crippen LogP contribution in [0.25, 0.3) is 43.4 Å². The van der Waals surface area contributed by atoms with Gasteiger partial charge in [0.2, 0.25) is 0 Å². The highest BCUT2D eigenvalue weighted by Gasteiger charge is 2.48. The summed E-state index contributed by atoms with van der Waals surface area (Å²) in [7, 11) is 0. The first-order chi connectivity index (χ1) is 31.3. The fourth-order valence-electron chi connectivity index (χ4n) is 10.4. The molecular weight excluding hydrogens is 761 g/mol. The van der Waals surface area contributed by atoms with E-state index in [-0.39, 0.29) is 0 Å². The van der Waals surface area contributed by atoms with Crippen LogP contribution in [0.15, 0.2) is 255 Å². The molecule has 63 heavy (non-hydrogen) atoms. The smallest absolute Gasteiger partial charge is 0.0715 e. The quantitative estimate of drug-likeness (QED) is 0.151. The van der Waals surface area contributed by atoms with E-state index in [1.165, 1.54) is 65.7 Å². The molecule has 296 valence electrons. The van der Waals surface area contributed by atoms with Crippen LogP contribution in [-0.2, 0) is 5.41 Å². The molecule has 0 radical (unpaired) electrons. The Morgan fingerprint density at radius 1 is 0.270 bits per heavy atom. The van der Waals surface area contributed by atoms with Crippen LogP contribution in [0.4, 0.5) is 34.1 Å². The number of fused-ring (bicyclic) bond motifs is 7. The van der Waals surface area contributed by atoms with E-state index < -0.39 is 5.41 Å². The molecule has 0 saturated heterocycles. The molecule has 1 aliphatic carbocycles. The molecule has 2 nitrogen and oxygen atoms in total. The van der Waals surface area contributed by atoms with Gasteiger partial charge in [-0.3, -0.25) is 0 Å². The van der Waals surface area contributed by atoms with Gasteiger partial charge in [0.25, 0.3) is 0 Å². The molecule has 0 atom stereocenters. The van der Waals surface area contributed by atoms with Crippen molar-refractivity contribution in [2.75, 3.05) is 9.80 Å². The van der Waals surface area contributed by atoms with Crippen molar-refractivity contribution in [3.05, 3.63) is 277 Å². The van der Waals surface area contributed by atoms with Crippen molar-refractivity contribution in [1.82, 2.24) is 0 Å². The number of hydrogen-bond acceptors (Lipinski definition) is 2. The molecule has 0 unspecified atom stereocenters. The monoisotopic (exact) mass is 802 g/mol. The molecule has 2 heteroatoms. The predicted octanol–water partition coefficient (Wildman–Crippen LogP) is 16.4. The van der Waals surface area contributed by atoms with Gasteiger partial charge >= 0.3 is 0 Å². The van der Waals surface area contributed by atoms with Crippen LogP contribution in [0.3, 0.4) is 0 Å². The fourth-order valence-corrected chi connectivity index (χ4v) is 10.4. The average molecular weight is 803 g/mol. The summed E-state index contributed by atoms with van der Waals surface area (Å²) in [5.41, 5.74) is 13.5. The van der Waals surface area contributed by atoms with Crippen molar-refractivity contribution in [2.45, 2.75) is 5.41 Å². The van der Waals surface area contributed by atoms with Crippen molar-refractivity contribution in [3.63, 3.8) is 0 Å². The molecule has 0 spiro atoms. The van der Waals surface area contributed by atoms with Gasteiger partial charge in [-0.1, -0.05) is 200 Å². The molecular formula is C61H42N2. The summed E-state index contributed by atoms with van der Waals surface area (Å²) in [5.74, 6) is 0. The maximum Gasteiger partial charge on any atom is 0.0715 e. The minimum atomic E-state index is -0.676. The number of benzene rings is 11. The first kappa shape index (κ1) is 36.6. The lowest BCUT2D eigenvalue weighted by Crippen LogP contribution is -2.29. The van der Waals surface area contributed by atoms with Crippen LogP contribution in [0, 0.1) is 0 Å². The van der Waals surface area contributed by atoms with E-state index in [0.29, 0.717) is 0 Å². The summed E-state index contributed by atoms with van der Waals surface area (Å²) in [4.78, 5) is 4.92. The lowest BCUT2D eigenvalue weighted by molar-refractivity contribution is 0.769. The maximum absolute atomic E-state index is 2.50. The highest BCUT2D eigenvalue weighted by atomic mass is 15.2. The van der Waals surface area contributed by atoms with Crippen molar-refractivity contribution in [1.29, 1.82) is 0 Å². The summed E-state index contributed by atoms with van der Waals surface area (Å²) >= 11 is 0. The van der Waals surface area contributed by atoms with Crippen LogP contribution in [0.2, 0.25) is 0 Å². The predicted molar refractivity (Wildman–Crippen MR) is 266 cm³/mol. The molecule has 0 bridgehead atoms. The number of hydrogen-bond donors (Lipinski definition) is 0. The minimum absolute atomic E-state index is 0.676. The zero-order chi connectivity index (χ0) is 41.7. The fraction of sp³-hybridized carbons (Fsp3) is 0.0164. The molecule has 0 fully saturated rings. The minimum Gasteiger partial charge on any atom is -0.310 e. The second-order valence-electron chi connectivity index (χ2n) is 16.4. The molecule has 0 aromatic heterocycles. The lowest BCUT2D eigenvalue weighted by atomic mass is 9.67. The molecule has 12 rings (SSSR count). The van der Waals surface area contributed by atoms with E-state index in [0.717, 1.165) is 34.1 Å². The van der Waals surface area contributed by atoms with Gasteiger partial charge in [0.05, 0.1) is 22.5 Å². The van der Waals surface area contributed by atoms with Gasteiger partial charge in [0, 0.05) is 33.2 Å². The normalized spacial score (nSPS) is 12.6. The summed E-state index contributed by atoms with van der Waals surface area (Å²) in [6.07, 6.45) is 0. The number of anilines is 6. The molecule has 11 aromatic rings. The molecule has 1 aliphatic rings. The van der Waals surface area contributed by atoms with E-state index in [4.69, 9.17) is 0 Å². The first-order valence-electron chi connectivity index (χ1n) is 21.8. The number of nitrogens with zero attached hydrogens (tertiary/aromatic N) is 2. The highest BCUT2D eigenvalue weighted by molar-refractivity contribution is 6.12. The van der Waals surface area contributed by atoms with Gasteiger partial charge in [0.1, 0.15) is 0 Å². The van der Waals surface area contributed by atoms with E-state index in [1.54, 1.807) is 0 Å². The lowest BCUT2D eigenvalue weighted by Gasteiger charge is -2.36. The molecule has 0 aliphatic heterocycles. The van der Waals surface area contributed by atoms with Gasteiger partial charge in [-0.05, 0) is 104 Å². The third kappa shape index (κ3) is 5.80. The summed E-state index contributed by atoms with van der Waals surface area (Å²) < 4.78 is 0. The van der Waals surface area contributed by atoms with Crippen LogP contribution in [0.5, 0.6) is 0 Å². The van der Waals surface area contributed by atoms with Crippen LogP contribution in [-0.4, -0.2) is 0 Å². The van der Waals surface area contributed by atoms with Gasteiger partial charge in [-0.2, -0.15) is 0 Å².